The summed E-state index contributed by atoms with van der Waals surface area (Å²) in [6.45, 7) is 0. The summed E-state index contributed by atoms with van der Waals surface area (Å²) >= 11 is 0. The summed E-state index contributed by atoms with van der Waals surface area (Å²) in [6, 6.07) is 32.1. The van der Waals surface area contributed by atoms with Gasteiger partial charge in [-0.15, -0.1) is 0 Å². The molecule has 6 unspecified atom stereocenters. The van der Waals surface area contributed by atoms with Crippen molar-refractivity contribution in [1.82, 2.24) is 9.97 Å². The summed E-state index contributed by atoms with van der Waals surface area (Å²) in [6.07, 6.45) is 2.42. The van der Waals surface area contributed by atoms with E-state index in [1.807, 2.05) is 54.6 Å². The van der Waals surface area contributed by atoms with Crippen LogP contribution in [-0.2, 0) is 19.2 Å². The van der Waals surface area contributed by atoms with Gasteiger partial charge >= 0.3 is 0 Å². The van der Waals surface area contributed by atoms with Crippen molar-refractivity contribution >= 4 is 57.2 Å². The molecule has 4 amide bonds. The molecule has 61 heavy (non-hydrogen) atoms. The van der Waals surface area contributed by atoms with E-state index in [1.54, 1.807) is 60.7 Å². The average Bonchev–Trinajstić information content (AvgIpc) is 4.04. The van der Waals surface area contributed by atoms with Crippen LogP contribution in [0.2, 0.25) is 0 Å². The third-order valence-corrected chi connectivity index (χ3v) is 12.8. The fourth-order valence-corrected chi connectivity index (χ4v) is 10.1. The van der Waals surface area contributed by atoms with E-state index in [1.165, 1.54) is 24.0 Å². The Bertz CT molecular complexity index is 2910. The SMILES string of the molecule is COc1cc(C2C3=CCC4C(=O)N(c5ccc(-c6nc7ccccc7o6)cc5)C(=O)C4C3CC3C(=O)N(c4ccc(-c5nc6ccccc6o5)cc4)C(=O)C32)cc(OC)c1O. The lowest BCUT2D eigenvalue weighted by Gasteiger charge is -2.44. The fourth-order valence-electron chi connectivity index (χ4n) is 10.1. The van der Waals surface area contributed by atoms with Crippen molar-refractivity contribution in [2.75, 3.05) is 24.0 Å². The number of aromatic hydroxyl groups is 1. The first-order valence-electron chi connectivity index (χ1n) is 20.0. The highest BCUT2D eigenvalue weighted by atomic mass is 16.5. The minimum absolute atomic E-state index is 0.130. The monoisotopic (exact) mass is 812 g/mol. The van der Waals surface area contributed by atoms with E-state index in [0.29, 0.717) is 56.5 Å². The molecular weight excluding hydrogens is 777 g/mol. The van der Waals surface area contributed by atoms with Crippen LogP contribution in [0.4, 0.5) is 11.4 Å². The molecule has 2 aliphatic carbocycles. The van der Waals surface area contributed by atoms with Gasteiger partial charge in [0.05, 0.1) is 49.3 Å². The maximum Gasteiger partial charge on any atom is 0.238 e. The van der Waals surface area contributed by atoms with Crippen molar-refractivity contribution in [1.29, 1.82) is 0 Å². The number of imide groups is 2. The van der Waals surface area contributed by atoms with Crippen LogP contribution in [0.1, 0.15) is 24.3 Å². The lowest BCUT2D eigenvalue weighted by molar-refractivity contribution is -0.126. The number of benzene rings is 5. The van der Waals surface area contributed by atoms with Gasteiger partial charge in [-0.25, -0.2) is 9.97 Å². The smallest absolute Gasteiger partial charge is 0.238 e. The molecule has 2 saturated heterocycles. The first-order chi connectivity index (χ1) is 29.7. The van der Waals surface area contributed by atoms with Crippen LogP contribution in [0.5, 0.6) is 17.2 Å². The Morgan fingerprint density at radius 2 is 1.10 bits per heavy atom. The van der Waals surface area contributed by atoms with Gasteiger partial charge in [-0.2, -0.15) is 0 Å². The Morgan fingerprint density at radius 3 is 1.61 bits per heavy atom. The maximum absolute atomic E-state index is 14.8. The van der Waals surface area contributed by atoms with Gasteiger partial charge in [0.2, 0.25) is 41.2 Å². The van der Waals surface area contributed by atoms with E-state index in [2.05, 4.69) is 9.97 Å². The number of oxazole rings is 2. The number of ether oxygens (including phenoxy) is 2. The van der Waals surface area contributed by atoms with Crippen molar-refractivity contribution in [3.05, 3.63) is 126 Å². The largest absolute Gasteiger partial charge is 0.502 e. The molecule has 0 spiro atoms. The van der Waals surface area contributed by atoms with Gasteiger partial charge in [0, 0.05) is 17.0 Å². The zero-order chi connectivity index (χ0) is 41.7. The molecule has 2 aromatic heterocycles. The molecule has 4 aliphatic rings. The number of allylic oxidation sites excluding steroid dienone is 2. The number of phenolic OH excluding ortho intramolecular Hbond substituents is 1. The van der Waals surface area contributed by atoms with Gasteiger partial charge < -0.3 is 23.4 Å². The molecule has 11 rings (SSSR count). The second kappa shape index (κ2) is 13.8. The summed E-state index contributed by atoms with van der Waals surface area (Å²) in [7, 11) is 2.84. The number of fused-ring (bicyclic) bond motifs is 6. The first-order valence-corrected chi connectivity index (χ1v) is 20.0. The Balaban J connectivity index is 0.950. The molecule has 3 fully saturated rings. The highest BCUT2D eigenvalue weighted by Gasteiger charge is 2.62. The predicted molar refractivity (Wildman–Crippen MR) is 223 cm³/mol. The van der Waals surface area contributed by atoms with E-state index in [-0.39, 0.29) is 41.9 Å². The standard InChI is InChI=1S/C48H36N4O9/c1-58-37-21-26(22-38(59-2)42(37)53)39-29-19-20-30-40(47(56)51(45(30)54)27-15-11-24(12-16-27)43-49-33-7-3-5-9-35(33)60-43)31(29)23-32-41(39)48(57)52(46(32)55)28-17-13-25(14-18-28)44-50-34-8-4-6-10-36(34)61-44/h3-19,21-22,30-32,39-41,53H,20,23H2,1-2H3. The number of para-hydroxylation sites is 4. The van der Waals surface area contributed by atoms with Crippen molar-refractivity contribution in [2.24, 2.45) is 29.6 Å². The fraction of sp³-hybridized carbons (Fsp3) is 0.208. The number of rotatable bonds is 7. The minimum atomic E-state index is -0.857. The van der Waals surface area contributed by atoms with Gasteiger partial charge in [-0.1, -0.05) is 35.9 Å². The third kappa shape index (κ3) is 5.53. The predicted octanol–water partition coefficient (Wildman–Crippen LogP) is 8.07. The molecule has 4 heterocycles. The topological polar surface area (TPSA) is 166 Å². The van der Waals surface area contributed by atoms with Gasteiger partial charge in [0.25, 0.3) is 0 Å². The number of methoxy groups -OCH3 is 2. The third-order valence-electron chi connectivity index (χ3n) is 12.8. The molecule has 302 valence electrons. The lowest BCUT2D eigenvalue weighted by atomic mass is 9.57. The first kappa shape index (κ1) is 36.5. The van der Waals surface area contributed by atoms with Crippen LogP contribution in [0.3, 0.4) is 0 Å². The summed E-state index contributed by atoms with van der Waals surface area (Å²) in [4.78, 5) is 70.1. The number of amides is 4. The Hall–Kier alpha value is -7.54. The normalized spacial score (nSPS) is 23.3. The van der Waals surface area contributed by atoms with Crippen LogP contribution in [0.25, 0.3) is 45.1 Å². The van der Waals surface area contributed by atoms with Crippen molar-refractivity contribution in [2.45, 2.75) is 18.8 Å². The van der Waals surface area contributed by atoms with E-state index < -0.39 is 47.3 Å². The summed E-state index contributed by atoms with van der Waals surface area (Å²) in [5, 5.41) is 10.9. The molecule has 5 aromatic carbocycles. The van der Waals surface area contributed by atoms with Crippen LogP contribution in [0, 0.1) is 29.6 Å². The van der Waals surface area contributed by atoms with Crippen molar-refractivity contribution < 1.29 is 42.6 Å². The number of anilines is 2. The molecular formula is C48H36N4O9. The van der Waals surface area contributed by atoms with Crippen LogP contribution in [-0.4, -0.2) is 52.9 Å². The molecule has 1 N–H and O–H groups in total. The van der Waals surface area contributed by atoms with Gasteiger partial charge in [0.1, 0.15) is 11.0 Å². The van der Waals surface area contributed by atoms with Gasteiger partial charge in [0.15, 0.2) is 22.7 Å². The molecule has 13 heteroatoms. The molecule has 0 radical (unpaired) electrons. The highest BCUT2D eigenvalue weighted by molar-refractivity contribution is 6.24. The number of carbonyl (C=O) groups excluding carboxylic acids is 4. The maximum atomic E-state index is 14.8. The minimum Gasteiger partial charge on any atom is -0.502 e. The Labute approximate surface area is 347 Å². The molecule has 13 nitrogen and oxygen atoms in total. The van der Waals surface area contributed by atoms with E-state index in [0.717, 1.165) is 11.1 Å². The summed E-state index contributed by atoms with van der Waals surface area (Å²) in [5.74, 6) is -4.96. The number of nitrogens with zero attached hydrogens (tertiary/aromatic N) is 4. The summed E-state index contributed by atoms with van der Waals surface area (Å²) < 4.78 is 23.0. The zero-order valence-electron chi connectivity index (χ0n) is 32.9. The molecule has 2 aliphatic heterocycles. The van der Waals surface area contributed by atoms with E-state index in [9.17, 15) is 24.3 Å². The second-order valence-electron chi connectivity index (χ2n) is 15.9. The highest BCUT2D eigenvalue weighted by Crippen LogP contribution is 2.59. The quantitative estimate of drug-likeness (QED) is 0.122. The number of hydrogen-bond donors (Lipinski definition) is 1. The molecule has 6 atom stereocenters. The Kier molecular flexibility index (Phi) is 8.24. The Morgan fingerprint density at radius 1 is 0.607 bits per heavy atom. The van der Waals surface area contributed by atoms with Crippen LogP contribution < -0.4 is 19.3 Å². The number of phenols is 1. The van der Waals surface area contributed by atoms with Crippen molar-refractivity contribution in [3.8, 4) is 40.2 Å². The number of aromatic nitrogens is 2. The number of hydrogen-bond acceptors (Lipinski definition) is 11. The zero-order valence-corrected chi connectivity index (χ0v) is 32.9. The van der Waals surface area contributed by atoms with Gasteiger partial charge in [-0.05, 0) is 109 Å². The second-order valence-corrected chi connectivity index (χ2v) is 15.9. The molecule has 1 saturated carbocycles. The van der Waals surface area contributed by atoms with E-state index in [4.69, 9.17) is 18.3 Å². The van der Waals surface area contributed by atoms with E-state index >= 15 is 0 Å². The van der Waals surface area contributed by atoms with Crippen molar-refractivity contribution in [3.63, 3.8) is 0 Å². The van der Waals surface area contributed by atoms with Gasteiger partial charge in [-0.3, -0.25) is 29.0 Å². The average molecular weight is 813 g/mol. The van der Waals surface area contributed by atoms with Crippen LogP contribution in [0.15, 0.2) is 130 Å². The number of carbonyl (C=O) groups is 4. The lowest BCUT2D eigenvalue weighted by Crippen LogP contribution is -2.43. The molecule has 0 bridgehead atoms. The van der Waals surface area contributed by atoms with Crippen LogP contribution >= 0.6 is 0 Å². The summed E-state index contributed by atoms with van der Waals surface area (Å²) in [5.41, 5.74) is 6.26. The molecule has 7 aromatic rings.